The van der Waals surface area contributed by atoms with Crippen LogP contribution in [-0.4, -0.2) is 0 Å². The standard InChI is InChI=1S/C24H22F4/c1-2-16-3-5-17(6-4-16)7-8-19-14-22(26)20(23(27)15-19)11-9-18-10-12-21(25)24(28)13-18/h2,10,12-17H,1,3-8H2/t16-,17-. The first kappa shape index (κ1) is 20.2. The van der Waals surface area contributed by atoms with E-state index in [1.807, 2.05) is 6.08 Å². The molecule has 1 saturated carbocycles. The van der Waals surface area contributed by atoms with Gasteiger partial charge in [0.2, 0.25) is 0 Å². The first-order valence-corrected chi connectivity index (χ1v) is 9.54. The predicted octanol–water partition coefficient (Wildman–Crippen LogP) is 6.57. The fourth-order valence-corrected chi connectivity index (χ4v) is 3.68. The third kappa shape index (κ3) is 5.04. The molecular formula is C24H22F4. The van der Waals surface area contributed by atoms with Crippen molar-refractivity contribution in [3.63, 3.8) is 0 Å². The minimum absolute atomic E-state index is 0.150. The molecule has 0 bridgehead atoms. The van der Waals surface area contributed by atoms with Crippen LogP contribution in [0.2, 0.25) is 0 Å². The number of benzene rings is 2. The number of hydrogen-bond acceptors (Lipinski definition) is 0. The topological polar surface area (TPSA) is 0 Å². The molecule has 0 unspecified atom stereocenters. The molecule has 0 N–H and O–H groups in total. The van der Waals surface area contributed by atoms with Gasteiger partial charge in [-0.1, -0.05) is 17.9 Å². The lowest BCUT2D eigenvalue weighted by molar-refractivity contribution is 0.296. The van der Waals surface area contributed by atoms with Crippen molar-refractivity contribution in [2.24, 2.45) is 11.8 Å². The summed E-state index contributed by atoms with van der Waals surface area (Å²) in [7, 11) is 0. The second-order valence-corrected chi connectivity index (χ2v) is 7.37. The summed E-state index contributed by atoms with van der Waals surface area (Å²) in [5.41, 5.74) is 0.399. The van der Waals surface area contributed by atoms with Gasteiger partial charge < -0.3 is 0 Å². The Balaban J connectivity index is 1.67. The van der Waals surface area contributed by atoms with Gasteiger partial charge in [0.25, 0.3) is 0 Å². The van der Waals surface area contributed by atoms with E-state index in [2.05, 4.69) is 18.4 Å². The van der Waals surface area contributed by atoms with Gasteiger partial charge in [0, 0.05) is 5.56 Å². The quantitative estimate of drug-likeness (QED) is 0.317. The van der Waals surface area contributed by atoms with E-state index < -0.39 is 23.3 Å². The molecule has 28 heavy (non-hydrogen) atoms. The van der Waals surface area contributed by atoms with E-state index in [9.17, 15) is 17.6 Å². The summed E-state index contributed by atoms with van der Waals surface area (Å²) < 4.78 is 54.8. The molecule has 2 aromatic rings. The van der Waals surface area contributed by atoms with Gasteiger partial charge in [0.05, 0.1) is 5.56 Å². The highest BCUT2D eigenvalue weighted by Crippen LogP contribution is 2.32. The van der Waals surface area contributed by atoms with Gasteiger partial charge in [-0.15, -0.1) is 6.58 Å². The van der Waals surface area contributed by atoms with E-state index >= 15 is 0 Å². The lowest BCUT2D eigenvalue weighted by Gasteiger charge is -2.26. The minimum Gasteiger partial charge on any atom is -0.206 e. The van der Waals surface area contributed by atoms with E-state index in [0.717, 1.165) is 44.2 Å². The molecule has 0 aromatic heterocycles. The van der Waals surface area contributed by atoms with Crippen molar-refractivity contribution in [2.75, 3.05) is 0 Å². The van der Waals surface area contributed by atoms with Crippen LogP contribution in [0.4, 0.5) is 17.6 Å². The summed E-state index contributed by atoms with van der Waals surface area (Å²) >= 11 is 0. The second-order valence-electron chi connectivity index (χ2n) is 7.37. The maximum absolute atomic E-state index is 14.3. The summed E-state index contributed by atoms with van der Waals surface area (Å²) in [6.45, 7) is 3.84. The van der Waals surface area contributed by atoms with Gasteiger partial charge in [0.1, 0.15) is 11.6 Å². The van der Waals surface area contributed by atoms with Gasteiger partial charge in [-0.25, -0.2) is 17.6 Å². The highest BCUT2D eigenvalue weighted by atomic mass is 19.2. The molecule has 2 aromatic carbocycles. The Morgan fingerprint density at radius 3 is 2.14 bits per heavy atom. The van der Waals surface area contributed by atoms with Gasteiger partial charge in [-0.3, -0.25) is 0 Å². The average molecular weight is 386 g/mol. The molecule has 1 fully saturated rings. The first-order chi connectivity index (χ1) is 13.5. The number of aryl methyl sites for hydroxylation is 1. The van der Waals surface area contributed by atoms with Crippen molar-refractivity contribution >= 4 is 0 Å². The molecule has 0 heterocycles. The summed E-state index contributed by atoms with van der Waals surface area (Å²) in [5.74, 6) is 2.53. The molecule has 0 saturated heterocycles. The van der Waals surface area contributed by atoms with Crippen LogP contribution in [0.3, 0.4) is 0 Å². The van der Waals surface area contributed by atoms with Crippen LogP contribution in [0, 0.1) is 46.9 Å². The molecule has 0 spiro atoms. The van der Waals surface area contributed by atoms with E-state index in [1.54, 1.807) is 0 Å². The van der Waals surface area contributed by atoms with Crippen molar-refractivity contribution in [3.05, 3.63) is 82.9 Å². The number of allylic oxidation sites excluding steroid dienone is 1. The zero-order chi connectivity index (χ0) is 20.1. The van der Waals surface area contributed by atoms with Crippen LogP contribution >= 0.6 is 0 Å². The fraction of sp³-hybridized carbons (Fsp3) is 0.333. The molecule has 4 heteroatoms. The van der Waals surface area contributed by atoms with Crippen LogP contribution in [-0.2, 0) is 6.42 Å². The molecule has 0 atom stereocenters. The first-order valence-electron chi connectivity index (χ1n) is 9.54. The van der Waals surface area contributed by atoms with Crippen LogP contribution in [0.15, 0.2) is 43.0 Å². The van der Waals surface area contributed by atoms with Crippen LogP contribution < -0.4 is 0 Å². The maximum atomic E-state index is 14.3. The Bertz CT molecular complexity index is 889. The summed E-state index contributed by atoms with van der Waals surface area (Å²) in [5, 5.41) is 0. The average Bonchev–Trinajstić information content (AvgIpc) is 2.68. The SMILES string of the molecule is C=C[C@H]1CC[C@H](CCc2cc(F)c(C#Cc3ccc(F)c(F)c3)c(F)c2)CC1. The monoisotopic (exact) mass is 386 g/mol. The van der Waals surface area contributed by atoms with Gasteiger partial charge in [-0.2, -0.15) is 0 Å². The van der Waals surface area contributed by atoms with E-state index in [1.165, 1.54) is 18.2 Å². The lowest BCUT2D eigenvalue weighted by atomic mass is 9.79. The van der Waals surface area contributed by atoms with Crippen molar-refractivity contribution < 1.29 is 17.6 Å². The molecule has 0 aliphatic heterocycles. The molecule has 0 amide bonds. The van der Waals surface area contributed by atoms with Crippen LogP contribution in [0.1, 0.15) is 48.8 Å². The highest BCUT2D eigenvalue weighted by molar-refractivity contribution is 5.45. The maximum Gasteiger partial charge on any atom is 0.160 e. The molecule has 146 valence electrons. The van der Waals surface area contributed by atoms with Crippen LogP contribution in [0.25, 0.3) is 0 Å². The third-order valence-electron chi connectivity index (χ3n) is 5.42. The Hall–Kier alpha value is -2.54. The second kappa shape index (κ2) is 9.10. The Morgan fingerprint density at radius 2 is 1.54 bits per heavy atom. The third-order valence-corrected chi connectivity index (χ3v) is 5.42. The molecular weight excluding hydrogens is 364 g/mol. The molecule has 0 radical (unpaired) electrons. The van der Waals surface area contributed by atoms with Crippen LogP contribution in [0.5, 0.6) is 0 Å². The molecule has 0 nitrogen and oxygen atoms in total. The van der Waals surface area contributed by atoms with E-state index in [0.29, 0.717) is 23.8 Å². The zero-order valence-electron chi connectivity index (χ0n) is 15.6. The largest absolute Gasteiger partial charge is 0.206 e. The predicted molar refractivity (Wildman–Crippen MR) is 103 cm³/mol. The lowest BCUT2D eigenvalue weighted by Crippen LogP contribution is -2.13. The summed E-state index contributed by atoms with van der Waals surface area (Å²) in [6, 6.07) is 5.71. The van der Waals surface area contributed by atoms with Gasteiger partial charge >= 0.3 is 0 Å². The van der Waals surface area contributed by atoms with E-state index in [4.69, 9.17) is 0 Å². The Labute approximate surface area is 163 Å². The molecule has 1 aliphatic rings. The normalized spacial score (nSPS) is 19.0. The van der Waals surface area contributed by atoms with Crippen molar-refractivity contribution in [1.82, 2.24) is 0 Å². The van der Waals surface area contributed by atoms with Gasteiger partial charge in [-0.05, 0) is 86.3 Å². The Morgan fingerprint density at radius 1 is 0.857 bits per heavy atom. The highest BCUT2D eigenvalue weighted by Gasteiger charge is 2.19. The minimum atomic E-state index is -1.05. The zero-order valence-corrected chi connectivity index (χ0v) is 15.6. The molecule has 3 rings (SSSR count). The van der Waals surface area contributed by atoms with Crippen molar-refractivity contribution in [3.8, 4) is 11.8 Å². The van der Waals surface area contributed by atoms with E-state index in [-0.39, 0.29) is 11.1 Å². The summed E-state index contributed by atoms with van der Waals surface area (Å²) in [4.78, 5) is 0. The smallest absolute Gasteiger partial charge is 0.160 e. The van der Waals surface area contributed by atoms with Gasteiger partial charge in [0.15, 0.2) is 11.6 Å². The summed E-state index contributed by atoms with van der Waals surface area (Å²) in [6.07, 6.45) is 8.06. The number of rotatable bonds is 4. The van der Waals surface area contributed by atoms with Crippen molar-refractivity contribution in [1.29, 1.82) is 0 Å². The van der Waals surface area contributed by atoms with Crippen molar-refractivity contribution in [2.45, 2.75) is 38.5 Å². The number of halogens is 4. The Kier molecular flexibility index (Phi) is 6.57. The fourth-order valence-electron chi connectivity index (χ4n) is 3.68. The number of hydrogen-bond donors (Lipinski definition) is 0. The molecule has 1 aliphatic carbocycles.